The largest absolute Gasteiger partial charge is 0.393 e. The van der Waals surface area contributed by atoms with Gasteiger partial charge in [-0.05, 0) is 60.4 Å². The maximum Gasteiger partial charge on any atom is 0.193 e. The van der Waals surface area contributed by atoms with E-state index in [0.717, 1.165) is 42.7 Å². The van der Waals surface area contributed by atoms with Gasteiger partial charge in [-0.25, -0.2) is 0 Å². The fourth-order valence-corrected chi connectivity index (χ4v) is 5.01. The second-order valence-electron chi connectivity index (χ2n) is 10.2. The number of carbonyl (C=O) groups is 3. The first kappa shape index (κ1) is 26.3. The SMILES string of the molecule is Cn1cccc1C(=O)Cc1ccc(C(=O)c2ccc(CC(=O)c3ccc(N4CCC(O)CC4)cc3)cc2)cc1. The number of hydrogen-bond donors (Lipinski definition) is 1. The molecular weight excluding hydrogens is 488 g/mol. The fraction of sp³-hybridized carbons (Fsp3) is 0.242. The number of aromatic nitrogens is 1. The molecule has 6 nitrogen and oxygen atoms in total. The van der Waals surface area contributed by atoms with Crippen LogP contribution in [-0.4, -0.2) is 46.2 Å². The zero-order valence-corrected chi connectivity index (χ0v) is 22.0. The van der Waals surface area contributed by atoms with E-state index in [-0.39, 0.29) is 36.3 Å². The Morgan fingerprint density at radius 2 is 1.23 bits per heavy atom. The summed E-state index contributed by atoms with van der Waals surface area (Å²) >= 11 is 0. The van der Waals surface area contributed by atoms with Crippen molar-refractivity contribution in [2.45, 2.75) is 31.8 Å². The Hall–Kier alpha value is -4.29. The van der Waals surface area contributed by atoms with Gasteiger partial charge in [0, 0.05) is 61.6 Å². The number of nitrogens with zero attached hydrogens (tertiary/aromatic N) is 2. The summed E-state index contributed by atoms with van der Waals surface area (Å²) in [6.45, 7) is 1.63. The van der Waals surface area contributed by atoms with Crippen LogP contribution < -0.4 is 4.90 Å². The quantitative estimate of drug-likeness (QED) is 0.312. The number of hydrogen-bond acceptors (Lipinski definition) is 5. The summed E-state index contributed by atoms with van der Waals surface area (Å²) in [4.78, 5) is 40.6. The number of carbonyl (C=O) groups excluding carboxylic acids is 3. The number of anilines is 1. The number of aliphatic hydroxyl groups excluding tert-OH is 1. The Morgan fingerprint density at radius 1 is 0.718 bits per heavy atom. The molecule has 6 heteroatoms. The van der Waals surface area contributed by atoms with Gasteiger partial charge >= 0.3 is 0 Å². The van der Waals surface area contributed by atoms with Gasteiger partial charge < -0.3 is 14.6 Å². The van der Waals surface area contributed by atoms with Crippen molar-refractivity contribution < 1.29 is 19.5 Å². The lowest BCUT2D eigenvalue weighted by molar-refractivity contribution is 0.0980. The van der Waals surface area contributed by atoms with E-state index in [0.29, 0.717) is 22.4 Å². The lowest BCUT2D eigenvalue weighted by Crippen LogP contribution is -2.35. The van der Waals surface area contributed by atoms with Crippen molar-refractivity contribution in [2.24, 2.45) is 7.05 Å². The number of piperidine rings is 1. The number of Topliss-reactive ketones (excluding diaryl/α,β-unsaturated/α-hetero) is 2. The standard InChI is InChI=1S/C33H32N2O4/c1-34-18-2-3-30(34)32(38)22-24-6-10-27(11-7-24)33(39)26-8-4-23(5-9-26)21-31(37)25-12-14-28(15-13-25)35-19-16-29(36)17-20-35/h2-15,18,29,36H,16-17,19-22H2,1H3. The van der Waals surface area contributed by atoms with Crippen LogP contribution in [0.3, 0.4) is 0 Å². The molecule has 0 aliphatic carbocycles. The van der Waals surface area contributed by atoms with E-state index in [4.69, 9.17) is 0 Å². The van der Waals surface area contributed by atoms with Gasteiger partial charge in [0.05, 0.1) is 11.8 Å². The maximum absolute atomic E-state index is 13.0. The highest BCUT2D eigenvalue weighted by molar-refractivity contribution is 6.09. The molecule has 0 radical (unpaired) electrons. The number of aliphatic hydroxyl groups is 1. The summed E-state index contributed by atoms with van der Waals surface area (Å²) in [6.07, 6.45) is 3.69. The molecule has 39 heavy (non-hydrogen) atoms. The average Bonchev–Trinajstić information content (AvgIpc) is 3.40. The van der Waals surface area contributed by atoms with Gasteiger partial charge in [0.1, 0.15) is 0 Å². The summed E-state index contributed by atoms with van der Waals surface area (Å²) in [5.74, 6) is -0.0467. The van der Waals surface area contributed by atoms with E-state index in [1.54, 1.807) is 34.9 Å². The highest BCUT2D eigenvalue weighted by atomic mass is 16.3. The summed E-state index contributed by atoms with van der Waals surface area (Å²) in [5.41, 5.74) is 5.19. The number of ketones is 3. The summed E-state index contributed by atoms with van der Waals surface area (Å²) in [5, 5.41) is 9.71. The fourth-order valence-electron chi connectivity index (χ4n) is 5.01. The number of aryl methyl sites for hydroxylation is 1. The molecule has 1 N–H and O–H groups in total. The predicted molar refractivity (Wildman–Crippen MR) is 152 cm³/mol. The minimum absolute atomic E-state index is 0.0233. The third-order valence-corrected chi connectivity index (χ3v) is 7.41. The van der Waals surface area contributed by atoms with Crippen LogP contribution in [-0.2, 0) is 19.9 Å². The van der Waals surface area contributed by atoms with E-state index in [9.17, 15) is 19.5 Å². The molecule has 3 aromatic carbocycles. The van der Waals surface area contributed by atoms with Crippen molar-refractivity contribution in [3.8, 4) is 0 Å². The Bertz CT molecular complexity index is 1460. The monoisotopic (exact) mass is 520 g/mol. The second-order valence-corrected chi connectivity index (χ2v) is 10.2. The first-order valence-electron chi connectivity index (χ1n) is 13.3. The van der Waals surface area contributed by atoms with Crippen molar-refractivity contribution >= 4 is 23.0 Å². The van der Waals surface area contributed by atoms with Crippen LogP contribution in [0.1, 0.15) is 60.7 Å². The van der Waals surface area contributed by atoms with Gasteiger partial charge in [0.2, 0.25) is 0 Å². The minimum atomic E-state index is -0.216. The molecule has 0 unspecified atom stereocenters. The number of rotatable bonds is 9. The molecule has 1 fully saturated rings. The highest BCUT2D eigenvalue weighted by Crippen LogP contribution is 2.21. The zero-order valence-electron chi connectivity index (χ0n) is 22.0. The molecule has 0 amide bonds. The highest BCUT2D eigenvalue weighted by Gasteiger charge is 2.18. The van der Waals surface area contributed by atoms with E-state index in [1.165, 1.54) is 0 Å². The van der Waals surface area contributed by atoms with Crippen LogP contribution in [0.15, 0.2) is 91.1 Å². The van der Waals surface area contributed by atoms with Crippen LogP contribution in [0, 0.1) is 0 Å². The smallest absolute Gasteiger partial charge is 0.193 e. The van der Waals surface area contributed by atoms with Gasteiger partial charge in [-0.15, -0.1) is 0 Å². The van der Waals surface area contributed by atoms with Gasteiger partial charge in [0.15, 0.2) is 17.3 Å². The third-order valence-electron chi connectivity index (χ3n) is 7.41. The van der Waals surface area contributed by atoms with Gasteiger partial charge in [-0.2, -0.15) is 0 Å². The van der Waals surface area contributed by atoms with Crippen LogP contribution >= 0.6 is 0 Å². The average molecular weight is 521 g/mol. The molecule has 1 saturated heterocycles. The molecular formula is C33H32N2O4. The molecule has 1 aliphatic rings. The molecule has 2 heterocycles. The molecule has 0 bridgehead atoms. The summed E-state index contributed by atoms with van der Waals surface area (Å²) in [6, 6.07) is 25.6. The molecule has 1 aromatic heterocycles. The first-order valence-corrected chi connectivity index (χ1v) is 13.3. The predicted octanol–water partition coefficient (Wildman–Crippen LogP) is 5.07. The zero-order chi connectivity index (χ0) is 27.4. The topological polar surface area (TPSA) is 79.6 Å². The lowest BCUT2D eigenvalue weighted by Gasteiger charge is -2.31. The Kier molecular flexibility index (Phi) is 7.84. The van der Waals surface area contributed by atoms with Gasteiger partial charge in [0.25, 0.3) is 0 Å². The molecule has 5 rings (SSSR count). The van der Waals surface area contributed by atoms with Gasteiger partial charge in [-0.1, -0.05) is 48.5 Å². The third kappa shape index (κ3) is 6.24. The van der Waals surface area contributed by atoms with Crippen LogP contribution in [0.4, 0.5) is 5.69 Å². The summed E-state index contributed by atoms with van der Waals surface area (Å²) in [7, 11) is 1.84. The molecule has 198 valence electrons. The van der Waals surface area contributed by atoms with Crippen molar-refractivity contribution in [2.75, 3.05) is 18.0 Å². The Morgan fingerprint density at radius 3 is 1.74 bits per heavy atom. The van der Waals surface area contributed by atoms with Crippen molar-refractivity contribution in [1.29, 1.82) is 0 Å². The van der Waals surface area contributed by atoms with E-state index < -0.39 is 0 Å². The van der Waals surface area contributed by atoms with Crippen molar-refractivity contribution in [1.82, 2.24) is 4.57 Å². The lowest BCUT2D eigenvalue weighted by atomic mass is 9.97. The molecule has 0 saturated carbocycles. The van der Waals surface area contributed by atoms with Crippen LogP contribution in [0.5, 0.6) is 0 Å². The van der Waals surface area contributed by atoms with Gasteiger partial charge in [-0.3, -0.25) is 14.4 Å². The Balaban J connectivity index is 1.17. The maximum atomic E-state index is 13.0. The molecule has 1 aliphatic heterocycles. The van der Waals surface area contributed by atoms with Crippen LogP contribution in [0.2, 0.25) is 0 Å². The molecule has 4 aromatic rings. The van der Waals surface area contributed by atoms with Crippen molar-refractivity contribution in [3.63, 3.8) is 0 Å². The van der Waals surface area contributed by atoms with Crippen molar-refractivity contribution in [3.05, 3.63) is 125 Å². The van der Waals surface area contributed by atoms with E-state index in [1.807, 2.05) is 67.8 Å². The number of benzene rings is 3. The minimum Gasteiger partial charge on any atom is -0.393 e. The first-order chi connectivity index (χ1) is 18.9. The second kappa shape index (κ2) is 11.6. The van der Waals surface area contributed by atoms with Crippen LogP contribution in [0.25, 0.3) is 0 Å². The molecule has 0 atom stereocenters. The van der Waals surface area contributed by atoms with E-state index in [2.05, 4.69) is 4.90 Å². The summed E-state index contributed by atoms with van der Waals surface area (Å²) < 4.78 is 1.80. The van der Waals surface area contributed by atoms with E-state index >= 15 is 0 Å². The normalized spacial score (nSPS) is 13.8. The Labute approximate surface area is 228 Å². The molecule has 0 spiro atoms.